The Morgan fingerprint density at radius 1 is 1.15 bits per heavy atom. The van der Waals surface area contributed by atoms with Crippen molar-refractivity contribution in [2.75, 3.05) is 11.9 Å². The number of para-hydroxylation sites is 1. The summed E-state index contributed by atoms with van der Waals surface area (Å²) in [5.41, 5.74) is 0.976. The van der Waals surface area contributed by atoms with Gasteiger partial charge < -0.3 is 13.6 Å². The maximum absolute atomic E-state index is 12.2. The minimum Gasteiger partial charge on any atom is -0.490 e. The highest BCUT2D eigenvalue weighted by atomic mass is 35.5. The molecule has 0 spiro atoms. The molecule has 136 valence electrons. The second-order valence-corrected chi connectivity index (χ2v) is 6.03. The van der Waals surface area contributed by atoms with Crippen LogP contribution in [0.5, 0.6) is 5.75 Å². The molecule has 0 bridgehead atoms. The van der Waals surface area contributed by atoms with Gasteiger partial charge in [0.1, 0.15) is 0 Å². The highest BCUT2D eigenvalue weighted by molar-refractivity contribution is 6.31. The zero-order valence-corrected chi connectivity index (χ0v) is 15.0. The summed E-state index contributed by atoms with van der Waals surface area (Å²) in [6.45, 7) is 2.42. The number of furan rings is 1. The maximum atomic E-state index is 12.2. The topological polar surface area (TPSA) is 90.4 Å². The van der Waals surface area contributed by atoms with Gasteiger partial charge in [-0.3, -0.25) is 10.1 Å². The first-order chi connectivity index (χ1) is 13.1. The standard InChI is InChI=1S/C19H14ClN3O4/c1-2-25-14-8-4-5-11-10-15(26-16(11)14)18-22-23-19(27-18)21-17(24)12-6-3-7-13(20)9-12/h3-10H,2H2,1H3,(H,21,23,24). The first-order valence-corrected chi connectivity index (χ1v) is 8.58. The molecule has 7 nitrogen and oxygen atoms in total. The second kappa shape index (κ2) is 7.13. The van der Waals surface area contributed by atoms with Crippen LogP contribution >= 0.6 is 11.6 Å². The summed E-state index contributed by atoms with van der Waals surface area (Å²) in [6.07, 6.45) is 0. The molecule has 8 heteroatoms. The van der Waals surface area contributed by atoms with E-state index in [1.54, 1.807) is 30.3 Å². The summed E-state index contributed by atoms with van der Waals surface area (Å²) in [5, 5.41) is 11.6. The van der Waals surface area contributed by atoms with E-state index in [2.05, 4.69) is 15.5 Å². The average Bonchev–Trinajstić information content (AvgIpc) is 3.29. The molecule has 2 aromatic heterocycles. The Balaban J connectivity index is 1.58. The van der Waals surface area contributed by atoms with Gasteiger partial charge in [0.15, 0.2) is 17.1 Å². The first-order valence-electron chi connectivity index (χ1n) is 8.20. The molecule has 2 aromatic carbocycles. The van der Waals surface area contributed by atoms with Crippen molar-refractivity contribution < 1.29 is 18.4 Å². The van der Waals surface area contributed by atoms with E-state index in [4.69, 9.17) is 25.2 Å². The molecule has 0 fully saturated rings. The van der Waals surface area contributed by atoms with Crippen molar-refractivity contribution in [1.82, 2.24) is 10.2 Å². The van der Waals surface area contributed by atoms with E-state index in [-0.39, 0.29) is 11.9 Å². The van der Waals surface area contributed by atoms with Gasteiger partial charge in [0.25, 0.3) is 11.8 Å². The number of carbonyl (C=O) groups excluding carboxylic acids is 1. The van der Waals surface area contributed by atoms with Crippen LogP contribution in [-0.2, 0) is 0 Å². The Morgan fingerprint density at radius 2 is 2.00 bits per heavy atom. The molecule has 4 aromatic rings. The van der Waals surface area contributed by atoms with E-state index in [9.17, 15) is 4.79 Å². The van der Waals surface area contributed by atoms with E-state index in [0.717, 1.165) is 5.39 Å². The minimum absolute atomic E-state index is 0.0412. The summed E-state index contributed by atoms with van der Waals surface area (Å²) < 4.78 is 16.9. The molecule has 1 amide bonds. The number of benzene rings is 2. The van der Waals surface area contributed by atoms with Gasteiger partial charge in [-0.05, 0) is 37.3 Å². The Bertz CT molecular complexity index is 1120. The first kappa shape index (κ1) is 17.1. The fraction of sp³-hybridized carbons (Fsp3) is 0.105. The molecule has 0 aliphatic rings. The van der Waals surface area contributed by atoms with Crippen molar-refractivity contribution in [3.63, 3.8) is 0 Å². The monoisotopic (exact) mass is 383 g/mol. The third-order valence-electron chi connectivity index (χ3n) is 3.75. The lowest BCUT2D eigenvalue weighted by Gasteiger charge is -2.01. The smallest absolute Gasteiger partial charge is 0.322 e. The molecule has 0 saturated heterocycles. The number of hydrogen-bond acceptors (Lipinski definition) is 6. The molecule has 0 unspecified atom stereocenters. The van der Waals surface area contributed by atoms with Crippen molar-refractivity contribution >= 4 is 34.5 Å². The number of nitrogens with one attached hydrogen (secondary N) is 1. The Hall–Kier alpha value is -3.32. The molecule has 0 saturated carbocycles. The number of halogens is 1. The number of hydrogen-bond donors (Lipinski definition) is 1. The molecule has 0 aliphatic carbocycles. The van der Waals surface area contributed by atoms with Crippen LogP contribution in [0, 0.1) is 0 Å². The van der Waals surface area contributed by atoms with E-state index >= 15 is 0 Å². The summed E-state index contributed by atoms with van der Waals surface area (Å²) in [7, 11) is 0. The van der Waals surface area contributed by atoms with Crippen molar-refractivity contribution in [2.24, 2.45) is 0 Å². The molecule has 2 heterocycles. The van der Waals surface area contributed by atoms with E-state index in [1.165, 1.54) is 0 Å². The maximum Gasteiger partial charge on any atom is 0.322 e. The van der Waals surface area contributed by atoms with E-state index in [0.29, 0.717) is 34.3 Å². The Labute approximate surface area is 158 Å². The largest absolute Gasteiger partial charge is 0.490 e. The van der Waals surface area contributed by atoms with Gasteiger partial charge in [-0.2, -0.15) is 0 Å². The number of ether oxygens (including phenoxy) is 1. The molecule has 0 atom stereocenters. The lowest BCUT2D eigenvalue weighted by atomic mass is 10.2. The highest BCUT2D eigenvalue weighted by Crippen LogP contribution is 2.33. The lowest BCUT2D eigenvalue weighted by molar-refractivity contribution is 0.102. The van der Waals surface area contributed by atoms with Gasteiger partial charge in [0, 0.05) is 16.0 Å². The predicted octanol–water partition coefficient (Wildman–Crippen LogP) is 4.79. The van der Waals surface area contributed by atoms with Crippen molar-refractivity contribution in [3.8, 4) is 17.4 Å². The number of fused-ring (bicyclic) bond motifs is 1. The normalized spacial score (nSPS) is 10.9. The number of nitrogens with zero attached hydrogens (tertiary/aromatic N) is 2. The van der Waals surface area contributed by atoms with Crippen LogP contribution in [0.25, 0.3) is 22.6 Å². The fourth-order valence-electron chi connectivity index (χ4n) is 2.58. The fourth-order valence-corrected chi connectivity index (χ4v) is 2.77. The van der Waals surface area contributed by atoms with E-state index < -0.39 is 5.91 Å². The average molecular weight is 384 g/mol. The molecule has 4 rings (SSSR count). The number of aromatic nitrogens is 2. The molecule has 0 aliphatic heterocycles. The third kappa shape index (κ3) is 3.50. The number of anilines is 1. The van der Waals surface area contributed by atoms with Gasteiger partial charge >= 0.3 is 6.01 Å². The van der Waals surface area contributed by atoms with Crippen molar-refractivity contribution in [1.29, 1.82) is 0 Å². The summed E-state index contributed by atoms with van der Waals surface area (Å²) >= 11 is 5.90. The Morgan fingerprint density at radius 3 is 2.81 bits per heavy atom. The van der Waals surface area contributed by atoms with Crippen LogP contribution in [0.15, 0.2) is 57.4 Å². The van der Waals surface area contributed by atoms with Crippen LogP contribution < -0.4 is 10.1 Å². The number of carbonyl (C=O) groups is 1. The van der Waals surface area contributed by atoms with Gasteiger partial charge in [0.05, 0.1) is 6.61 Å². The van der Waals surface area contributed by atoms with Crippen molar-refractivity contribution in [2.45, 2.75) is 6.92 Å². The molecule has 0 radical (unpaired) electrons. The third-order valence-corrected chi connectivity index (χ3v) is 3.99. The van der Waals surface area contributed by atoms with Crippen molar-refractivity contribution in [3.05, 3.63) is 59.1 Å². The second-order valence-electron chi connectivity index (χ2n) is 5.60. The van der Waals surface area contributed by atoms with Crippen LogP contribution in [0.4, 0.5) is 6.01 Å². The highest BCUT2D eigenvalue weighted by Gasteiger charge is 2.17. The summed E-state index contributed by atoms with van der Waals surface area (Å²) in [4.78, 5) is 12.2. The zero-order chi connectivity index (χ0) is 18.8. The van der Waals surface area contributed by atoms with E-state index in [1.807, 2.05) is 25.1 Å². The number of amides is 1. The molecule has 1 N–H and O–H groups in total. The van der Waals surface area contributed by atoms with Crippen LogP contribution in [0.3, 0.4) is 0 Å². The van der Waals surface area contributed by atoms with Crippen LogP contribution in [-0.4, -0.2) is 22.7 Å². The minimum atomic E-state index is -0.407. The SMILES string of the molecule is CCOc1cccc2cc(-c3nnc(NC(=O)c4cccc(Cl)c4)o3)oc12. The quantitative estimate of drug-likeness (QED) is 0.533. The molecular weight excluding hydrogens is 370 g/mol. The summed E-state index contributed by atoms with van der Waals surface area (Å²) in [5.74, 6) is 0.758. The molecule has 27 heavy (non-hydrogen) atoms. The van der Waals surface area contributed by atoms with Crippen LogP contribution in [0.2, 0.25) is 5.02 Å². The lowest BCUT2D eigenvalue weighted by Crippen LogP contribution is -2.11. The van der Waals surface area contributed by atoms with Gasteiger partial charge in [-0.1, -0.05) is 34.9 Å². The predicted molar refractivity (Wildman–Crippen MR) is 100 cm³/mol. The summed E-state index contributed by atoms with van der Waals surface area (Å²) in [6, 6.07) is 13.9. The van der Waals surface area contributed by atoms with Gasteiger partial charge in [-0.25, -0.2) is 0 Å². The number of rotatable bonds is 5. The van der Waals surface area contributed by atoms with Crippen LogP contribution in [0.1, 0.15) is 17.3 Å². The molecular formula is C19H14ClN3O4. The zero-order valence-electron chi connectivity index (χ0n) is 14.2. The van der Waals surface area contributed by atoms with Gasteiger partial charge in [-0.15, -0.1) is 5.10 Å². The van der Waals surface area contributed by atoms with Gasteiger partial charge in [0.2, 0.25) is 0 Å². The Kier molecular flexibility index (Phi) is 4.52.